The molecule has 0 spiro atoms. The minimum atomic E-state index is -0.599. The first-order valence-corrected chi connectivity index (χ1v) is 8.02. The zero-order chi connectivity index (χ0) is 18.2. The number of fused-ring (bicyclic) bond motifs is 1. The van der Waals surface area contributed by atoms with Crippen LogP contribution in [0.5, 0.6) is 5.88 Å². The molecule has 7 nitrogen and oxygen atoms in total. The number of benzene rings is 1. The third-order valence-electron chi connectivity index (χ3n) is 4.34. The molecular formula is C18H21N5O2. The number of H-pyrrole nitrogens is 1. The molecule has 1 amide bonds. The Kier molecular flexibility index (Phi) is 4.08. The van der Waals surface area contributed by atoms with Crippen molar-refractivity contribution in [1.29, 1.82) is 0 Å². The summed E-state index contributed by atoms with van der Waals surface area (Å²) in [5.41, 5.74) is 13.4. The molecule has 3 rings (SSSR count). The summed E-state index contributed by atoms with van der Waals surface area (Å²) in [4.78, 5) is 16.2. The van der Waals surface area contributed by atoms with Gasteiger partial charge in [-0.25, -0.2) is 4.98 Å². The van der Waals surface area contributed by atoms with Crippen LogP contribution in [0, 0.1) is 0 Å². The van der Waals surface area contributed by atoms with Crippen LogP contribution >= 0.6 is 0 Å². The van der Waals surface area contributed by atoms with Crippen LogP contribution in [0.2, 0.25) is 0 Å². The molecule has 1 aromatic carbocycles. The molecule has 0 saturated heterocycles. The molecule has 2 aromatic heterocycles. The summed E-state index contributed by atoms with van der Waals surface area (Å²) in [5.74, 6) is 0.108. The number of aromatic nitrogens is 3. The number of hydrogen-bond donors (Lipinski definition) is 3. The Morgan fingerprint density at radius 1 is 1.28 bits per heavy atom. The summed E-state index contributed by atoms with van der Waals surface area (Å²) in [6, 6.07) is 9.72. The molecule has 0 fully saturated rings. The topological polar surface area (TPSA) is 120 Å². The maximum Gasteiger partial charge on any atom is 0.254 e. The number of nitrogens with zero attached hydrogens (tertiary/aromatic N) is 2. The lowest BCUT2D eigenvalue weighted by Crippen LogP contribution is -2.25. The summed E-state index contributed by atoms with van der Waals surface area (Å²) in [7, 11) is 0. The van der Waals surface area contributed by atoms with E-state index >= 15 is 0 Å². The van der Waals surface area contributed by atoms with Gasteiger partial charge in [-0.1, -0.05) is 19.9 Å². The Morgan fingerprint density at radius 3 is 2.72 bits per heavy atom. The Hall–Kier alpha value is -3.09. The first-order chi connectivity index (χ1) is 11.8. The number of nitrogen functional groups attached to an aromatic ring is 1. The van der Waals surface area contributed by atoms with Crippen molar-refractivity contribution >= 4 is 22.6 Å². The van der Waals surface area contributed by atoms with Gasteiger partial charge in [-0.05, 0) is 30.7 Å². The molecule has 3 aromatic rings. The SMILES string of the molecule is CCOc1ccc2cc(C(C)(C)c3[nH]nc(N)c3C(N)=O)ccc2n1. The standard InChI is InChI=1S/C18H21N5O2/c1-4-25-13-8-5-10-9-11(6-7-12(10)21-13)18(2,3)15-14(17(20)24)16(19)23-22-15/h5-9H,4H2,1-3H3,(H2,20,24)(H3,19,22,23). The summed E-state index contributed by atoms with van der Waals surface area (Å²) in [6.07, 6.45) is 0. The predicted molar refractivity (Wildman–Crippen MR) is 96.6 cm³/mol. The van der Waals surface area contributed by atoms with Crippen molar-refractivity contribution in [3.63, 3.8) is 0 Å². The fourth-order valence-electron chi connectivity index (χ4n) is 2.93. The van der Waals surface area contributed by atoms with Crippen LogP contribution in [-0.4, -0.2) is 27.7 Å². The van der Waals surface area contributed by atoms with E-state index in [0.29, 0.717) is 18.2 Å². The van der Waals surface area contributed by atoms with Gasteiger partial charge in [0.15, 0.2) is 5.82 Å². The number of nitrogens with one attached hydrogen (secondary N) is 1. The summed E-state index contributed by atoms with van der Waals surface area (Å²) >= 11 is 0. The minimum Gasteiger partial charge on any atom is -0.478 e. The van der Waals surface area contributed by atoms with Gasteiger partial charge >= 0.3 is 0 Å². The Balaban J connectivity index is 2.08. The van der Waals surface area contributed by atoms with Crippen molar-refractivity contribution in [2.24, 2.45) is 5.73 Å². The molecular weight excluding hydrogens is 318 g/mol. The van der Waals surface area contributed by atoms with E-state index in [0.717, 1.165) is 16.5 Å². The first-order valence-electron chi connectivity index (χ1n) is 8.02. The number of hydrogen-bond acceptors (Lipinski definition) is 5. The van der Waals surface area contributed by atoms with E-state index < -0.39 is 11.3 Å². The summed E-state index contributed by atoms with van der Waals surface area (Å²) in [5, 5.41) is 7.78. The normalized spacial score (nSPS) is 11.6. The largest absolute Gasteiger partial charge is 0.478 e. The number of pyridine rings is 1. The monoisotopic (exact) mass is 339 g/mol. The summed E-state index contributed by atoms with van der Waals surface area (Å²) < 4.78 is 5.44. The van der Waals surface area contributed by atoms with Gasteiger partial charge < -0.3 is 16.2 Å². The molecule has 0 unspecified atom stereocenters. The van der Waals surface area contributed by atoms with Crippen molar-refractivity contribution in [1.82, 2.24) is 15.2 Å². The molecule has 5 N–H and O–H groups in total. The van der Waals surface area contributed by atoms with E-state index in [9.17, 15) is 4.79 Å². The molecule has 25 heavy (non-hydrogen) atoms. The van der Waals surface area contributed by atoms with Crippen LogP contribution in [-0.2, 0) is 5.41 Å². The molecule has 0 bridgehead atoms. The fraction of sp³-hybridized carbons (Fsp3) is 0.278. The predicted octanol–water partition coefficient (Wildman–Crippen LogP) is 2.36. The maximum atomic E-state index is 11.8. The average molecular weight is 339 g/mol. The van der Waals surface area contributed by atoms with Gasteiger partial charge in [0.05, 0.1) is 17.8 Å². The number of aromatic amines is 1. The third kappa shape index (κ3) is 2.88. The fourth-order valence-corrected chi connectivity index (χ4v) is 2.93. The number of ether oxygens (including phenoxy) is 1. The zero-order valence-electron chi connectivity index (χ0n) is 14.5. The number of anilines is 1. The number of primary amides is 1. The van der Waals surface area contributed by atoms with E-state index in [1.165, 1.54) is 0 Å². The molecule has 0 saturated carbocycles. The number of carbonyl (C=O) groups excluding carboxylic acids is 1. The lowest BCUT2D eigenvalue weighted by atomic mass is 9.79. The Bertz CT molecular complexity index is 946. The van der Waals surface area contributed by atoms with Gasteiger partial charge in [-0.2, -0.15) is 5.10 Å². The molecule has 0 aliphatic heterocycles. The van der Waals surface area contributed by atoms with E-state index in [-0.39, 0.29) is 11.4 Å². The lowest BCUT2D eigenvalue weighted by molar-refractivity contribution is 0.0999. The minimum absolute atomic E-state index is 0.111. The van der Waals surface area contributed by atoms with Crippen LogP contribution < -0.4 is 16.2 Å². The molecule has 0 radical (unpaired) electrons. The van der Waals surface area contributed by atoms with Crippen molar-refractivity contribution < 1.29 is 9.53 Å². The number of nitrogens with two attached hydrogens (primary N) is 2. The first kappa shape index (κ1) is 16.8. The highest BCUT2D eigenvalue weighted by molar-refractivity contribution is 5.99. The molecule has 0 atom stereocenters. The van der Waals surface area contributed by atoms with Gasteiger partial charge in [-0.15, -0.1) is 0 Å². The quantitative estimate of drug-likeness (QED) is 0.659. The highest BCUT2D eigenvalue weighted by Crippen LogP contribution is 2.35. The maximum absolute atomic E-state index is 11.8. The highest BCUT2D eigenvalue weighted by Gasteiger charge is 2.31. The molecule has 7 heteroatoms. The molecule has 130 valence electrons. The van der Waals surface area contributed by atoms with Crippen LogP contribution in [0.4, 0.5) is 5.82 Å². The van der Waals surface area contributed by atoms with Crippen molar-refractivity contribution in [2.45, 2.75) is 26.2 Å². The lowest BCUT2D eigenvalue weighted by Gasteiger charge is -2.25. The number of rotatable bonds is 5. The molecule has 0 aliphatic carbocycles. The van der Waals surface area contributed by atoms with Crippen LogP contribution in [0.25, 0.3) is 10.9 Å². The van der Waals surface area contributed by atoms with Crippen LogP contribution in [0.15, 0.2) is 30.3 Å². The summed E-state index contributed by atoms with van der Waals surface area (Å²) in [6.45, 7) is 6.45. The van der Waals surface area contributed by atoms with Crippen molar-refractivity contribution in [2.75, 3.05) is 12.3 Å². The second-order valence-electron chi connectivity index (χ2n) is 6.34. The Morgan fingerprint density at radius 2 is 2.04 bits per heavy atom. The van der Waals surface area contributed by atoms with Gasteiger partial charge in [0.25, 0.3) is 5.91 Å². The molecule has 2 heterocycles. The number of carbonyl (C=O) groups is 1. The third-order valence-corrected chi connectivity index (χ3v) is 4.34. The Labute approximate surface area is 145 Å². The van der Waals surface area contributed by atoms with E-state index in [2.05, 4.69) is 15.2 Å². The molecule has 0 aliphatic rings. The van der Waals surface area contributed by atoms with Gasteiger partial charge in [-0.3, -0.25) is 9.89 Å². The zero-order valence-corrected chi connectivity index (χ0v) is 14.5. The smallest absolute Gasteiger partial charge is 0.254 e. The van der Waals surface area contributed by atoms with Gasteiger partial charge in [0, 0.05) is 16.9 Å². The second-order valence-corrected chi connectivity index (χ2v) is 6.34. The van der Waals surface area contributed by atoms with E-state index in [4.69, 9.17) is 16.2 Å². The van der Waals surface area contributed by atoms with E-state index in [1.54, 1.807) is 0 Å². The van der Waals surface area contributed by atoms with Crippen molar-refractivity contribution in [3.05, 3.63) is 47.2 Å². The van der Waals surface area contributed by atoms with Crippen LogP contribution in [0.1, 0.15) is 42.4 Å². The van der Waals surface area contributed by atoms with Gasteiger partial charge in [0.2, 0.25) is 5.88 Å². The average Bonchev–Trinajstić information content (AvgIpc) is 2.97. The second kappa shape index (κ2) is 6.08. The number of amides is 1. The van der Waals surface area contributed by atoms with Gasteiger partial charge in [0.1, 0.15) is 5.56 Å². The highest BCUT2D eigenvalue weighted by atomic mass is 16.5. The van der Waals surface area contributed by atoms with E-state index in [1.807, 2.05) is 51.1 Å². The van der Waals surface area contributed by atoms with Crippen LogP contribution in [0.3, 0.4) is 0 Å². The van der Waals surface area contributed by atoms with Crippen molar-refractivity contribution in [3.8, 4) is 5.88 Å².